The maximum atomic E-state index is 12.9. The van der Waals surface area contributed by atoms with E-state index in [2.05, 4.69) is 10.0 Å². The van der Waals surface area contributed by atoms with Crippen molar-refractivity contribution >= 4 is 31.6 Å². The van der Waals surface area contributed by atoms with Gasteiger partial charge in [0.05, 0.1) is 15.4 Å². The summed E-state index contributed by atoms with van der Waals surface area (Å²) < 4.78 is 98.4. The molecular weight excluding hydrogens is 583 g/mol. The molecule has 9 nitrogen and oxygen atoms in total. The second kappa shape index (κ2) is 12.5. The van der Waals surface area contributed by atoms with Crippen LogP contribution in [-0.2, 0) is 37.6 Å². The molecule has 2 N–H and O–H groups in total. The first-order valence-corrected chi connectivity index (χ1v) is 15.6. The Balaban J connectivity index is 1.26. The van der Waals surface area contributed by atoms with Crippen LogP contribution in [0.2, 0.25) is 0 Å². The van der Waals surface area contributed by atoms with E-state index >= 15 is 0 Å². The molecule has 0 spiro atoms. The molecule has 1 saturated heterocycles. The van der Waals surface area contributed by atoms with Crippen LogP contribution < -0.4 is 14.8 Å². The van der Waals surface area contributed by atoms with Gasteiger partial charge in [-0.15, -0.1) is 0 Å². The van der Waals surface area contributed by atoms with Crippen molar-refractivity contribution in [2.45, 2.75) is 41.8 Å². The zero-order valence-corrected chi connectivity index (χ0v) is 23.4. The molecule has 0 aliphatic carbocycles. The zero-order valence-electron chi connectivity index (χ0n) is 21.7. The minimum absolute atomic E-state index is 0.143. The van der Waals surface area contributed by atoms with Crippen molar-refractivity contribution in [2.24, 2.45) is 0 Å². The molecule has 0 atom stereocenters. The summed E-state index contributed by atoms with van der Waals surface area (Å²) in [6, 6.07) is 15.1. The number of piperidine rings is 1. The standard InChI is InChI=1S/C27H28F3N3O6S2/c28-27(29,30)21-5-4-6-22(17-21)32-40(35,36)24-13-9-23(10-14-24)39-19-26(34)31-18-20-7-11-25(12-8-20)41(37,38)33-15-2-1-3-16-33/h4-14,17,32H,1-3,15-16,18-19H2,(H,31,34). The van der Waals surface area contributed by atoms with E-state index in [-0.39, 0.29) is 34.4 Å². The second-order valence-electron chi connectivity index (χ2n) is 9.33. The average molecular weight is 612 g/mol. The number of ether oxygens (including phenoxy) is 1. The Bertz CT molecular complexity index is 1570. The molecule has 1 aliphatic rings. The van der Waals surface area contributed by atoms with Crippen molar-refractivity contribution < 1.29 is 39.5 Å². The van der Waals surface area contributed by atoms with E-state index < -0.39 is 37.7 Å². The van der Waals surface area contributed by atoms with Gasteiger partial charge in [-0.2, -0.15) is 17.5 Å². The lowest BCUT2D eigenvalue weighted by Gasteiger charge is -2.25. The summed E-state index contributed by atoms with van der Waals surface area (Å²) in [5.41, 5.74) is -0.536. The van der Waals surface area contributed by atoms with Gasteiger partial charge >= 0.3 is 6.18 Å². The Hall–Kier alpha value is -3.62. The first-order valence-electron chi connectivity index (χ1n) is 12.6. The van der Waals surface area contributed by atoms with Gasteiger partial charge in [-0.25, -0.2) is 16.8 Å². The highest BCUT2D eigenvalue weighted by molar-refractivity contribution is 7.92. The molecule has 0 radical (unpaired) electrons. The zero-order chi connectivity index (χ0) is 29.7. The number of benzene rings is 3. The van der Waals surface area contributed by atoms with E-state index in [4.69, 9.17) is 4.74 Å². The van der Waals surface area contributed by atoms with Crippen LogP contribution in [0.1, 0.15) is 30.4 Å². The lowest BCUT2D eigenvalue weighted by Crippen LogP contribution is -2.35. The average Bonchev–Trinajstić information content (AvgIpc) is 2.95. The van der Waals surface area contributed by atoms with E-state index in [0.29, 0.717) is 24.7 Å². The first kappa shape index (κ1) is 30.3. The van der Waals surface area contributed by atoms with E-state index in [1.807, 2.05) is 0 Å². The summed E-state index contributed by atoms with van der Waals surface area (Å²) in [6.45, 7) is 0.797. The molecule has 3 aromatic rings. The fourth-order valence-corrected chi connectivity index (χ4v) is 6.69. The molecule has 4 rings (SSSR count). The van der Waals surface area contributed by atoms with Gasteiger partial charge < -0.3 is 10.1 Å². The third kappa shape index (κ3) is 7.99. The number of hydrogen-bond donors (Lipinski definition) is 2. The van der Waals surface area contributed by atoms with Crippen LogP contribution in [0.3, 0.4) is 0 Å². The van der Waals surface area contributed by atoms with Crippen molar-refractivity contribution in [2.75, 3.05) is 24.4 Å². The number of carbonyl (C=O) groups is 1. The van der Waals surface area contributed by atoms with Crippen LogP contribution in [0.25, 0.3) is 0 Å². The van der Waals surface area contributed by atoms with Crippen LogP contribution in [0.5, 0.6) is 5.75 Å². The molecule has 1 heterocycles. The maximum absolute atomic E-state index is 12.9. The summed E-state index contributed by atoms with van der Waals surface area (Å²) in [5.74, 6) is -0.261. The van der Waals surface area contributed by atoms with Gasteiger partial charge in [-0.1, -0.05) is 24.6 Å². The topological polar surface area (TPSA) is 122 Å². The van der Waals surface area contributed by atoms with E-state index in [0.717, 1.165) is 31.4 Å². The predicted molar refractivity (Wildman–Crippen MR) is 145 cm³/mol. The molecule has 220 valence electrons. The third-order valence-corrected chi connectivity index (χ3v) is 9.62. The van der Waals surface area contributed by atoms with Gasteiger partial charge in [-0.05, 0) is 73.0 Å². The van der Waals surface area contributed by atoms with Gasteiger partial charge in [0.25, 0.3) is 15.9 Å². The fourth-order valence-electron chi connectivity index (χ4n) is 4.12. The summed E-state index contributed by atoms with van der Waals surface area (Å²) in [5, 5.41) is 2.66. The predicted octanol–water partition coefficient (Wildman–Crippen LogP) is 4.38. The summed E-state index contributed by atoms with van der Waals surface area (Å²) in [4.78, 5) is 12.2. The molecule has 3 aromatic carbocycles. The summed E-state index contributed by atoms with van der Waals surface area (Å²) in [6.07, 6.45) is -1.91. The second-order valence-corrected chi connectivity index (χ2v) is 12.9. The summed E-state index contributed by atoms with van der Waals surface area (Å²) in [7, 11) is -7.72. The van der Waals surface area contributed by atoms with Gasteiger partial charge in [0, 0.05) is 25.3 Å². The van der Waals surface area contributed by atoms with Crippen LogP contribution in [0.15, 0.2) is 82.6 Å². The van der Waals surface area contributed by atoms with Crippen LogP contribution in [-0.4, -0.2) is 46.7 Å². The number of hydrogen-bond acceptors (Lipinski definition) is 6. The highest BCUT2D eigenvalue weighted by atomic mass is 32.2. The molecule has 1 aliphatic heterocycles. The van der Waals surface area contributed by atoms with Crippen LogP contribution in [0, 0.1) is 0 Å². The monoisotopic (exact) mass is 611 g/mol. The molecule has 41 heavy (non-hydrogen) atoms. The fraction of sp³-hybridized carbons (Fsp3) is 0.296. The number of sulfonamides is 2. The molecule has 1 amide bonds. The van der Waals surface area contributed by atoms with Gasteiger partial charge in [0.2, 0.25) is 10.0 Å². The SMILES string of the molecule is O=C(COc1ccc(S(=O)(=O)Nc2cccc(C(F)(F)F)c2)cc1)NCc1ccc(S(=O)(=O)N2CCCCC2)cc1. The number of nitrogens with one attached hydrogen (secondary N) is 2. The molecular formula is C27H28F3N3O6S2. The number of alkyl halides is 3. The lowest BCUT2D eigenvalue weighted by molar-refractivity contribution is -0.137. The van der Waals surface area contributed by atoms with Crippen molar-refractivity contribution in [3.63, 3.8) is 0 Å². The molecule has 14 heteroatoms. The maximum Gasteiger partial charge on any atom is 0.416 e. The molecule has 0 bridgehead atoms. The summed E-state index contributed by atoms with van der Waals surface area (Å²) >= 11 is 0. The van der Waals surface area contributed by atoms with Gasteiger partial charge in [0.15, 0.2) is 6.61 Å². The van der Waals surface area contributed by atoms with Crippen LogP contribution >= 0.6 is 0 Å². The number of nitrogens with zero attached hydrogens (tertiary/aromatic N) is 1. The van der Waals surface area contributed by atoms with Crippen molar-refractivity contribution in [1.29, 1.82) is 0 Å². The minimum atomic E-state index is -4.62. The number of carbonyl (C=O) groups excluding carboxylic acids is 1. The quantitative estimate of drug-likeness (QED) is 0.351. The van der Waals surface area contributed by atoms with Crippen molar-refractivity contribution in [3.05, 3.63) is 83.9 Å². The van der Waals surface area contributed by atoms with Crippen LogP contribution in [0.4, 0.5) is 18.9 Å². The first-order chi connectivity index (χ1) is 19.3. The Morgan fingerprint density at radius 3 is 2.12 bits per heavy atom. The Labute approximate surface area is 236 Å². The number of anilines is 1. The number of amides is 1. The van der Waals surface area contributed by atoms with E-state index in [9.17, 15) is 34.8 Å². The van der Waals surface area contributed by atoms with Crippen molar-refractivity contribution in [1.82, 2.24) is 9.62 Å². The minimum Gasteiger partial charge on any atom is -0.484 e. The van der Waals surface area contributed by atoms with E-state index in [1.165, 1.54) is 46.8 Å². The van der Waals surface area contributed by atoms with Crippen molar-refractivity contribution in [3.8, 4) is 5.75 Å². The largest absolute Gasteiger partial charge is 0.484 e. The van der Waals surface area contributed by atoms with Gasteiger partial charge in [-0.3, -0.25) is 9.52 Å². The molecule has 0 aromatic heterocycles. The molecule has 0 saturated carbocycles. The third-order valence-electron chi connectivity index (χ3n) is 6.31. The van der Waals surface area contributed by atoms with E-state index in [1.54, 1.807) is 12.1 Å². The lowest BCUT2D eigenvalue weighted by atomic mass is 10.2. The Morgan fingerprint density at radius 1 is 0.854 bits per heavy atom. The highest BCUT2D eigenvalue weighted by Crippen LogP contribution is 2.31. The number of rotatable bonds is 10. The smallest absolute Gasteiger partial charge is 0.416 e. The highest BCUT2D eigenvalue weighted by Gasteiger charge is 2.31. The number of halogens is 3. The van der Waals surface area contributed by atoms with Gasteiger partial charge in [0.1, 0.15) is 5.75 Å². The normalized spacial score (nSPS) is 14.8. The Kier molecular flexibility index (Phi) is 9.24. The Morgan fingerprint density at radius 2 is 1.49 bits per heavy atom. The molecule has 1 fully saturated rings. The molecule has 0 unspecified atom stereocenters.